The van der Waals surface area contributed by atoms with Crippen LogP contribution in [-0.4, -0.2) is 11.7 Å². The van der Waals surface area contributed by atoms with Gasteiger partial charge in [0.1, 0.15) is 5.76 Å². The van der Waals surface area contributed by atoms with Crippen LogP contribution < -0.4 is 5.73 Å². The Labute approximate surface area is 70.9 Å². The quantitative estimate of drug-likeness (QED) is 0.675. The highest BCUT2D eigenvalue weighted by atomic mass is 16.5. The highest BCUT2D eigenvalue weighted by molar-refractivity contribution is 5.34. The number of aromatic nitrogens is 1. The van der Waals surface area contributed by atoms with Crippen molar-refractivity contribution < 1.29 is 4.52 Å². The molecule has 1 aromatic heterocycles. The van der Waals surface area contributed by atoms with Crippen molar-refractivity contribution in [3.05, 3.63) is 17.5 Å². The van der Waals surface area contributed by atoms with Crippen LogP contribution in [0.1, 0.15) is 30.1 Å². The predicted molar refractivity (Wildman–Crippen MR) is 43.7 cm³/mol. The van der Waals surface area contributed by atoms with Gasteiger partial charge in [0.05, 0.1) is 6.20 Å². The molecule has 64 valence electrons. The molecule has 1 fully saturated rings. The van der Waals surface area contributed by atoms with E-state index in [0.29, 0.717) is 11.3 Å². The summed E-state index contributed by atoms with van der Waals surface area (Å²) in [5.41, 5.74) is 7.52. The van der Waals surface area contributed by atoms with E-state index in [4.69, 9.17) is 10.3 Å². The monoisotopic (exact) mass is 164 g/mol. The van der Waals surface area contributed by atoms with Gasteiger partial charge in [-0.2, -0.15) is 0 Å². The summed E-state index contributed by atoms with van der Waals surface area (Å²) in [5.74, 6) is 1.61. The molecular formula is C9H12N2O. The summed E-state index contributed by atoms with van der Waals surface area (Å²) in [4.78, 5) is 0. The lowest BCUT2D eigenvalue weighted by atomic mass is 9.90. The molecule has 0 radical (unpaired) electrons. The Morgan fingerprint density at radius 1 is 1.67 bits per heavy atom. The van der Waals surface area contributed by atoms with Crippen molar-refractivity contribution in [2.45, 2.75) is 25.2 Å². The maximum absolute atomic E-state index is 5.75. The minimum atomic E-state index is 0.492. The fourth-order valence-corrected chi connectivity index (χ4v) is 2.53. The summed E-state index contributed by atoms with van der Waals surface area (Å²) in [6.07, 6.45) is 5.56. The summed E-state index contributed by atoms with van der Waals surface area (Å²) in [7, 11) is 0. The zero-order valence-corrected chi connectivity index (χ0v) is 6.92. The van der Waals surface area contributed by atoms with Gasteiger partial charge in [-0.05, 0) is 24.8 Å². The summed E-state index contributed by atoms with van der Waals surface area (Å²) in [6.45, 7) is 0.744. The molecule has 2 N–H and O–H groups in total. The third kappa shape index (κ3) is 0.630. The van der Waals surface area contributed by atoms with Gasteiger partial charge in [0, 0.05) is 17.9 Å². The molecule has 2 aliphatic carbocycles. The molecular weight excluding hydrogens is 152 g/mol. The molecule has 0 aromatic carbocycles. The maximum atomic E-state index is 5.75. The molecule has 12 heavy (non-hydrogen) atoms. The number of hydrogen-bond acceptors (Lipinski definition) is 3. The van der Waals surface area contributed by atoms with E-state index in [0.717, 1.165) is 18.7 Å². The average molecular weight is 164 g/mol. The Morgan fingerprint density at radius 2 is 2.50 bits per heavy atom. The number of nitrogens with two attached hydrogens (primary N) is 1. The SMILES string of the molecule is NCC1c2cnoc2CC12CC2. The molecule has 0 amide bonds. The molecule has 1 aromatic rings. The zero-order valence-electron chi connectivity index (χ0n) is 6.92. The number of rotatable bonds is 1. The van der Waals surface area contributed by atoms with Gasteiger partial charge >= 0.3 is 0 Å². The Bertz CT molecular complexity index is 314. The largest absolute Gasteiger partial charge is 0.361 e. The van der Waals surface area contributed by atoms with E-state index in [1.807, 2.05) is 6.20 Å². The Hall–Kier alpha value is -0.830. The van der Waals surface area contributed by atoms with Crippen LogP contribution >= 0.6 is 0 Å². The van der Waals surface area contributed by atoms with Crippen molar-refractivity contribution in [3.8, 4) is 0 Å². The van der Waals surface area contributed by atoms with Gasteiger partial charge in [-0.3, -0.25) is 0 Å². The highest BCUT2D eigenvalue weighted by Gasteiger charge is 2.55. The lowest BCUT2D eigenvalue weighted by molar-refractivity contribution is 0.354. The fourth-order valence-electron chi connectivity index (χ4n) is 2.53. The standard InChI is InChI=1S/C9H12N2O/c10-4-7-6-5-11-12-8(6)3-9(7)1-2-9/h5,7H,1-4,10H2. The summed E-state index contributed by atoms with van der Waals surface area (Å²) >= 11 is 0. The van der Waals surface area contributed by atoms with Crippen LogP contribution in [0.3, 0.4) is 0 Å². The molecule has 0 bridgehead atoms. The minimum absolute atomic E-state index is 0.492. The minimum Gasteiger partial charge on any atom is -0.361 e. The molecule has 3 rings (SSSR count). The van der Waals surface area contributed by atoms with Crippen LogP contribution in [-0.2, 0) is 6.42 Å². The molecule has 0 saturated heterocycles. The summed E-state index contributed by atoms with van der Waals surface area (Å²) < 4.78 is 5.18. The zero-order chi connectivity index (χ0) is 8.18. The van der Waals surface area contributed by atoms with Crippen LogP contribution in [0.4, 0.5) is 0 Å². The molecule has 2 aliphatic rings. The first-order valence-electron chi connectivity index (χ1n) is 4.49. The van der Waals surface area contributed by atoms with E-state index in [1.54, 1.807) is 0 Å². The van der Waals surface area contributed by atoms with Gasteiger partial charge < -0.3 is 10.3 Å². The number of fused-ring (bicyclic) bond motifs is 1. The van der Waals surface area contributed by atoms with Gasteiger partial charge in [-0.1, -0.05) is 5.16 Å². The van der Waals surface area contributed by atoms with Crippen molar-refractivity contribution in [2.75, 3.05) is 6.54 Å². The van der Waals surface area contributed by atoms with Gasteiger partial charge in [-0.25, -0.2) is 0 Å². The third-order valence-electron chi connectivity index (χ3n) is 3.43. The first kappa shape index (κ1) is 6.66. The fraction of sp³-hybridized carbons (Fsp3) is 0.667. The highest BCUT2D eigenvalue weighted by Crippen LogP contribution is 2.62. The topological polar surface area (TPSA) is 52.0 Å². The van der Waals surface area contributed by atoms with Crippen molar-refractivity contribution in [1.29, 1.82) is 0 Å². The Kier molecular flexibility index (Phi) is 1.06. The van der Waals surface area contributed by atoms with Gasteiger partial charge in [0.15, 0.2) is 0 Å². The van der Waals surface area contributed by atoms with Crippen LogP contribution in [0.5, 0.6) is 0 Å². The van der Waals surface area contributed by atoms with Gasteiger partial charge in [0.2, 0.25) is 0 Å². The van der Waals surface area contributed by atoms with E-state index in [2.05, 4.69) is 5.16 Å². The van der Waals surface area contributed by atoms with Crippen molar-refractivity contribution in [1.82, 2.24) is 5.16 Å². The van der Waals surface area contributed by atoms with Gasteiger partial charge in [-0.15, -0.1) is 0 Å². The van der Waals surface area contributed by atoms with E-state index in [1.165, 1.54) is 18.4 Å². The van der Waals surface area contributed by atoms with E-state index >= 15 is 0 Å². The Morgan fingerprint density at radius 3 is 3.17 bits per heavy atom. The normalized spacial score (nSPS) is 29.2. The molecule has 1 atom stereocenters. The summed E-state index contributed by atoms with van der Waals surface area (Å²) in [5, 5.41) is 3.80. The van der Waals surface area contributed by atoms with E-state index in [9.17, 15) is 0 Å². The second-order valence-electron chi connectivity index (χ2n) is 4.03. The van der Waals surface area contributed by atoms with Crippen LogP contribution in [0, 0.1) is 5.41 Å². The predicted octanol–water partition coefficient (Wildman–Crippen LogP) is 1.05. The molecule has 0 aliphatic heterocycles. The third-order valence-corrected chi connectivity index (χ3v) is 3.43. The number of hydrogen-bond donors (Lipinski definition) is 1. The van der Waals surface area contributed by atoms with Gasteiger partial charge in [0.25, 0.3) is 0 Å². The lowest BCUT2D eigenvalue weighted by Gasteiger charge is -2.15. The molecule has 1 unspecified atom stereocenters. The lowest BCUT2D eigenvalue weighted by Crippen LogP contribution is -2.18. The second-order valence-corrected chi connectivity index (χ2v) is 4.03. The molecule has 1 saturated carbocycles. The van der Waals surface area contributed by atoms with Crippen molar-refractivity contribution >= 4 is 0 Å². The first-order valence-corrected chi connectivity index (χ1v) is 4.49. The summed E-state index contributed by atoms with van der Waals surface area (Å²) in [6, 6.07) is 0. The smallest absolute Gasteiger partial charge is 0.140 e. The molecule has 3 nitrogen and oxygen atoms in total. The molecule has 1 spiro atoms. The first-order chi connectivity index (χ1) is 5.86. The van der Waals surface area contributed by atoms with E-state index < -0.39 is 0 Å². The van der Waals surface area contributed by atoms with Crippen molar-refractivity contribution in [3.63, 3.8) is 0 Å². The molecule has 3 heteroatoms. The number of nitrogens with zero attached hydrogens (tertiary/aromatic N) is 1. The Balaban J connectivity index is 2.07. The van der Waals surface area contributed by atoms with Crippen LogP contribution in [0.15, 0.2) is 10.7 Å². The van der Waals surface area contributed by atoms with Crippen LogP contribution in [0.25, 0.3) is 0 Å². The maximum Gasteiger partial charge on any atom is 0.140 e. The van der Waals surface area contributed by atoms with E-state index in [-0.39, 0.29) is 0 Å². The average Bonchev–Trinajstić information content (AvgIpc) is 2.53. The second kappa shape index (κ2) is 1.91. The van der Waals surface area contributed by atoms with Crippen molar-refractivity contribution in [2.24, 2.45) is 11.1 Å². The van der Waals surface area contributed by atoms with Crippen LogP contribution in [0.2, 0.25) is 0 Å². The molecule has 1 heterocycles.